The van der Waals surface area contributed by atoms with Gasteiger partial charge in [-0.3, -0.25) is 4.68 Å². The second-order valence-corrected chi connectivity index (χ2v) is 4.65. The first-order valence-corrected chi connectivity index (χ1v) is 6.31. The van der Waals surface area contributed by atoms with Crippen LogP contribution in [0.4, 0.5) is 5.82 Å². The van der Waals surface area contributed by atoms with E-state index in [1.807, 2.05) is 36.0 Å². The van der Waals surface area contributed by atoms with E-state index in [0.29, 0.717) is 0 Å². The lowest BCUT2D eigenvalue weighted by molar-refractivity contribution is 0.720. The number of anilines is 1. The molecule has 96 valence electrons. The minimum absolute atomic E-state index is 0.725. The van der Waals surface area contributed by atoms with Crippen molar-refractivity contribution in [1.82, 2.24) is 14.8 Å². The Balaban J connectivity index is 1.88. The summed E-state index contributed by atoms with van der Waals surface area (Å²) >= 11 is 0. The third kappa shape index (κ3) is 2.29. The molecule has 4 heteroatoms. The van der Waals surface area contributed by atoms with Gasteiger partial charge in [-0.1, -0.05) is 18.2 Å². The van der Waals surface area contributed by atoms with Crippen molar-refractivity contribution in [2.24, 2.45) is 7.05 Å². The predicted molar refractivity (Wildman–Crippen MR) is 77.0 cm³/mol. The Hall–Kier alpha value is -2.36. The van der Waals surface area contributed by atoms with E-state index in [2.05, 4.69) is 34.5 Å². The van der Waals surface area contributed by atoms with Crippen LogP contribution in [0, 0.1) is 6.92 Å². The van der Waals surface area contributed by atoms with Gasteiger partial charge in [-0.05, 0) is 30.7 Å². The highest BCUT2D eigenvalue weighted by Crippen LogP contribution is 2.19. The quantitative estimate of drug-likeness (QED) is 0.779. The molecule has 2 aromatic heterocycles. The maximum Gasteiger partial charge on any atom is 0.129 e. The summed E-state index contributed by atoms with van der Waals surface area (Å²) in [4.78, 5) is 4.66. The van der Waals surface area contributed by atoms with E-state index in [1.165, 1.54) is 5.39 Å². The van der Waals surface area contributed by atoms with Crippen LogP contribution in [0.3, 0.4) is 0 Å². The van der Waals surface area contributed by atoms with Gasteiger partial charge in [-0.15, -0.1) is 0 Å². The van der Waals surface area contributed by atoms with Crippen molar-refractivity contribution in [2.75, 3.05) is 5.32 Å². The average Bonchev–Trinajstić information content (AvgIpc) is 2.82. The van der Waals surface area contributed by atoms with E-state index in [9.17, 15) is 0 Å². The zero-order valence-corrected chi connectivity index (χ0v) is 11.1. The van der Waals surface area contributed by atoms with Gasteiger partial charge < -0.3 is 5.32 Å². The zero-order valence-electron chi connectivity index (χ0n) is 11.1. The number of aryl methyl sites for hydroxylation is 2. The smallest absolute Gasteiger partial charge is 0.129 e. The first-order valence-electron chi connectivity index (χ1n) is 6.31. The lowest BCUT2D eigenvalue weighted by atomic mass is 10.1. The van der Waals surface area contributed by atoms with E-state index in [-0.39, 0.29) is 0 Å². The lowest BCUT2D eigenvalue weighted by Gasteiger charge is -2.10. The number of hydrogen-bond donors (Lipinski definition) is 1. The highest BCUT2D eigenvalue weighted by Gasteiger charge is 2.04. The van der Waals surface area contributed by atoms with Gasteiger partial charge >= 0.3 is 0 Å². The number of aromatic nitrogens is 3. The fourth-order valence-electron chi connectivity index (χ4n) is 2.15. The highest BCUT2D eigenvalue weighted by molar-refractivity contribution is 5.81. The molecule has 1 N–H and O–H groups in total. The van der Waals surface area contributed by atoms with E-state index in [1.54, 1.807) is 6.20 Å². The van der Waals surface area contributed by atoms with Gasteiger partial charge in [0.25, 0.3) is 0 Å². The Labute approximate surface area is 112 Å². The number of nitrogens with zero attached hydrogens (tertiary/aromatic N) is 3. The van der Waals surface area contributed by atoms with Crippen LogP contribution in [0.15, 0.2) is 42.6 Å². The number of fused-ring (bicyclic) bond motifs is 1. The van der Waals surface area contributed by atoms with Crippen molar-refractivity contribution in [1.29, 1.82) is 0 Å². The second-order valence-electron chi connectivity index (χ2n) is 4.65. The predicted octanol–water partition coefficient (Wildman–Crippen LogP) is 2.89. The number of pyridine rings is 1. The summed E-state index contributed by atoms with van der Waals surface area (Å²) in [6.45, 7) is 2.80. The summed E-state index contributed by atoms with van der Waals surface area (Å²) in [5.41, 5.74) is 3.30. The number of benzene rings is 1. The molecule has 0 radical (unpaired) electrons. The molecule has 3 aromatic rings. The van der Waals surface area contributed by atoms with E-state index in [4.69, 9.17) is 0 Å². The maximum atomic E-state index is 4.66. The molecule has 0 aliphatic heterocycles. The summed E-state index contributed by atoms with van der Waals surface area (Å²) in [6, 6.07) is 12.3. The van der Waals surface area contributed by atoms with Crippen molar-refractivity contribution in [3.05, 3.63) is 53.9 Å². The summed E-state index contributed by atoms with van der Waals surface area (Å²) in [5, 5.41) is 8.71. The van der Waals surface area contributed by atoms with Crippen LogP contribution < -0.4 is 5.32 Å². The van der Waals surface area contributed by atoms with Crippen molar-refractivity contribution >= 4 is 16.7 Å². The van der Waals surface area contributed by atoms with Crippen LogP contribution in [-0.4, -0.2) is 14.8 Å². The molecule has 0 aliphatic carbocycles. The first kappa shape index (κ1) is 11.7. The Bertz CT molecular complexity index is 715. The van der Waals surface area contributed by atoms with Crippen LogP contribution in [0.5, 0.6) is 0 Å². The third-order valence-electron chi connectivity index (χ3n) is 3.27. The van der Waals surface area contributed by atoms with Gasteiger partial charge in [0.2, 0.25) is 0 Å². The molecular formula is C15H16N4. The molecule has 0 amide bonds. The minimum Gasteiger partial charge on any atom is -0.364 e. The second kappa shape index (κ2) is 4.72. The largest absolute Gasteiger partial charge is 0.364 e. The Morgan fingerprint density at radius 2 is 2.05 bits per heavy atom. The number of para-hydroxylation sites is 1. The van der Waals surface area contributed by atoms with Gasteiger partial charge in [0.05, 0.1) is 17.8 Å². The molecule has 0 spiro atoms. The first-order chi connectivity index (χ1) is 9.24. The number of hydrogen-bond acceptors (Lipinski definition) is 3. The van der Waals surface area contributed by atoms with Crippen molar-refractivity contribution < 1.29 is 0 Å². The molecule has 3 rings (SSSR count). The van der Waals surface area contributed by atoms with Gasteiger partial charge in [0.1, 0.15) is 5.82 Å². The molecule has 0 saturated heterocycles. The molecule has 4 nitrogen and oxygen atoms in total. The van der Waals surface area contributed by atoms with E-state index >= 15 is 0 Å². The average molecular weight is 252 g/mol. The molecule has 0 unspecified atom stereocenters. The lowest BCUT2D eigenvalue weighted by Crippen LogP contribution is -2.07. The summed E-state index contributed by atoms with van der Waals surface area (Å²) in [7, 11) is 1.94. The summed E-state index contributed by atoms with van der Waals surface area (Å²) in [6.07, 6.45) is 1.80. The normalized spacial score (nSPS) is 10.8. The molecule has 0 bridgehead atoms. The van der Waals surface area contributed by atoms with Gasteiger partial charge in [-0.25, -0.2) is 4.98 Å². The van der Waals surface area contributed by atoms with Crippen LogP contribution in [-0.2, 0) is 13.6 Å². The minimum atomic E-state index is 0.725. The number of rotatable bonds is 3. The molecular weight excluding hydrogens is 236 g/mol. The van der Waals surface area contributed by atoms with Crippen LogP contribution in [0.1, 0.15) is 11.3 Å². The molecule has 0 atom stereocenters. The van der Waals surface area contributed by atoms with Crippen molar-refractivity contribution in [2.45, 2.75) is 13.5 Å². The molecule has 1 aromatic carbocycles. The molecule has 2 heterocycles. The van der Waals surface area contributed by atoms with E-state index < -0.39 is 0 Å². The Morgan fingerprint density at radius 1 is 1.21 bits per heavy atom. The van der Waals surface area contributed by atoms with Crippen LogP contribution in [0.2, 0.25) is 0 Å². The highest BCUT2D eigenvalue weighted by atomic mass is 15.3. The van der Waals surface area contributed by atoms with Gasteiger partial charge in [-0.2, -0.15) is 5.10 Å². The van der Waals surface area contributed by atoms with Crippen molar-refractivity contribution in [3.8, 4) is 0 Å². The summed E-state index contributed by atoms with van der Waals surface area (Å²) < 4.78 is 1.86. The Morgan fingerprint density at radius 3 is 2.84 bits per heavy atom. The van der Waals surface area contributed by atoms with Crippen molar-refractivity contribution in [3.63, 3.8) is 0 Å². The third-order valence-corrected chi connectivity index (χ3v) is 3.27. The Kier molecular flexibility index (Phi) is 2.91. The SMILES string of the molecule is Cc1cc2ccccc2nc1NCc1ccnn1C. The van der Waals surface area contributed by atoms with Crippen LogP contribution >= 0.6 is 0 Å². The monoisotopic (exact) mass is 252 g/mol. The molecule has 0 aliphatic rings. The standard InChI is InChI=1S/C15H16N4/c1-11-9-12-5-3-4-6-14(12)18-15(11)16-10-13-7-8-17-19(13)2/h3-9H,10H2,1-2H3,(H,16,18). The van der Waals surface area contributed by atoms with E-state index in [0.717, 1.165) is 29.1 Å². The number of nitrogens with one attached hydrogen (secondary N) is 1. The van der Waals surface area contributed by atoms with Gasteiger partial charge in [0.15, 0.2) is 0 Å². The maximum absolute atomic E-state index is 4.66. The fraction of sp³-hybridized carbons (Fsp3) is 0.200. The molecule has 0 fully saturated rings. The van der Waals surface area contributed by atoms with Crippen LogP contribution in [0.25, 0.3) is 10.9 Å². The molecule has 19 heavy (non-hydrogen) atoms. The molecule has 0 saturated carbocycles. The van der Waals surface area contributed by atoms with Gasteiger partial charge in [0, 0.05) is 18.6 Å². The summed E-state index contributed by atoms with van der Waals surface area (Å²) in [5.74, 6) is 0.930. The fourth-order valence-corrected chi connectivity index (χ4v) is 2.15. The topological polar surface area (TPSA) is 42.7 Å². The zero-order chi connectivity index (χ0) is 13.2.